The second-order valence-electron chi connectivity index (χ2n) is 8.30. The number of phenolic OH excluding ortho intramolecular Hbond substituents is 1. The van der Waals surface area contributed by atoms with Gasteiger partial charge in [0.25, 0.3) is 0 Å². The Labute approximate surface area is 188 Å². The molecule has 6 rings (SSSR count). The zero-order chi connectivity index (χ0) is 21.5. The maximum Gasteiger partial charge on any atom is 0.115 e. The quantitative estimate of drug-likeness (QED) is 0.314. The van der Waals surface area contributed by atoms with Crippen LogP contribution in [0.2, 0.25) is 0 Å². The topological polar surface area (TPSA) is 20.2 Å². The van der Waals surface area contributed by atoms with Gasteiger partial charge in [-0.1, -0.05) is 103 Å². The fourth-order valence-electron chi connectivity index (χ4n) is 4.99. The van der Waals surface area contributed by atoms with E-state index in [1.165, 1.54) is 50.1 Å². The molecule has 1 heteroatoms. The summed E-state index contributed by atoms with van der Waals surface area (Å²) in [6.07, 6.45) is 0.909. The van der Waals surface area contributed by atoms with Gasteiger partial charge >= 0.3 is 0 Å². The molecule has 5 aromatic carbocycles. The molecule has 1 aliphatic rings. The molecule has 1 nitrogen and oxygen atoms in total. The number of benzene rings is 5. The lowest BCUT2D eigenvalue weighted by Gasteiger charge is -2.16. The van der Waals surface area contributed by atoms with Gasteiger partial charge in [0.2, 0.25) is 0 Å². The first-order valence-electron chi connectivity index (χ1n) is 11.0. The van der Waals surface area contributed by atoms with Crippen molar-refractivity contribution in [3.05, 3.63) is 126 Å². The first kappa shape index (κ1) is 18.7. The average Bonchev–Trinajstić information content (AvgIpc) is 3.24. The summed E-state index contributed by atoms with van der Waals surface area (Å²) in [5.74, 6) is 0.288. The smallest absolute Gasteiger partial charge is 0.115 e. The first-order chi connectivity index (χ1) is 15.8. The van der Waals surface area contributed by atoms with Crippen molar-refractivity contribution < 1.29 is 5.11 Å². The van der Waals surface area contributed by atoms with Crippen LogP contribution in [0.25, 0.3) is 44.5 Å². The zero-order valence-electron chi connectivity index (χ0n) is 17.6. The SMILES string of the molecule is Oc1ccc(-c2ccc3c(c2-c2ccccc2)Cc2c(-c4ccccc4)cccc2-3)cc1. The molecule has 0 aliphatic heterocycles. The minimum Gasteiger partial charge on any atom is -0.508 e. The highest BCUT2D eigenvalue weighted by Gasteiger charge is 2.26. The summed E-state index contributed by atoms with van der Waals surface area (Å²) in [6.45, 7) is 0. The van der Waals surface area contributed by atoms with E-state index in [1.807, 2.05) is 12.1 Å². The molecule has 5 aromatic rings. The van der Waals surface area contributed by atoms with Crippen LogP contribution in [0, 0.1) is 0 Å². The molecule has 0 saturated heterocycles. The van der Waals surface area contributed by atoms with Crippen molar-refractivity contribution in [2.45, 2.75) is 6.42 Å². The highest BCUT2D eigenvalue weighted by atomic mass is 16.3. The lowest BCUT2D eigenvalue weighted by molar-refractivity contribution is 0.475. The predicted octanol–water partition coefficient (Wildman–Crippen LogP) is 7.96. The molecule has 0 saturated carbocycles. The van der Waals surface area contributed by atoms with Crippen molar-refractivity contribution in [3.63, 3.8) is 0 Å². The van der Waals surface area contributed by atoms with Crippen LogP contribution >= 0.6 is 0 Å². The van der Waals surface area contributed by atoms with Crippen LogP contribution in [0.1, 0.15) is 11.1 Å². The molecule has 0 heterocycles. The van der Waals surface area contributed by atoms with Crippen molar-refractivity contribution in [2.24, 2.45) is 0 Å². The van der Waals surface area contributed by atoms with Gasteiger partial charge in [-0.2, -0.15) is 0 Å². The van der Waals surface area contributed by atoms with Gasteiger partial charge in [-0.05, 0) is 74.2 Å². The molecule has 0 aromatic heterocycles. The van der Waals surface area contributed by atoms with Gasteiger partial charge < -0.3 is 5.11 Å². The van der Waals surface area contributed by atoms with Gasteiger partial charge in [-0.15, -0.1) is 0 Å². The Kier molecular flexibility index (Phi) is 4.40. The molecule has 0 amide bonds. The maximum absolute atomic E-state index is 9.80. The van der Waals surface area contributed by atoms with Crippen LogP contribution in [-0.2, 0) is 6.42 Å². The minimum absolute atomic E-state index is 0.288. The van der Waals surface area contributed by atoms with Gasteiger partial charge in [0.1, 0.15) is 5.75 Å². The standard InChI is InChI=1S/C31H22O/c32-24-16-14-22(15-17-24)26-18-19-28-27-13-7-12-25(21-8-3-1-4-9-21)29(27)20-30(28)31(26)23-10-5-2-6-11-23/h1-19,32H,20H2. The normalized spacial score (nSPS) is 11.8. The molecular formula is C31H22O. The fraction of sp³-hybridized carbons (Fsp3) is 0.0323. The molecule has 1 N–H and O–H groups in total. The summed E-state index contributed by atoms with van der Waals surface area (Å²) in [4.78, 5) is 0. The van der Waals surface area contributed by atoms with Crippen LogP contribution in [0.15, 0.2) is 115 Å². The third-order valence-corrected chi connectivity index (χ3v) is 6.46. The van der Waals surface area contributed by atoms with E-state index in [4.69, 9.17) is 0 Å². The van der Waals surface area contributed by atoms with Gasteiger partial charge in [-0.3, -0.25) is 0 Å². The van der Waals surface area contributed by atoms with Crippen molar-refractivity contribution in [2.75, 3.05) is 0 Å². The van der Waals surface area contributed by atoms with Crippen molar-refractivity contribution in [1.82, 2.24) is 0 Å². The molecule has 0 atom stereocenters. The maximum atomic E-state index is 9.80. The summed E-state index contributed by atoms with van der Waals surface area (Å²) >= 11 is 0. The number of hydrogen-bond acceptors (Lipinski definition) is 1. The lowest BCUT2D eigenvalue weighted by atomic mass is 9.88. The highest BCUT2D eigenvalue weighted by molar-refractivity contribution is 5.95. The molecule has 0 unspecified atom stereocenters. The fourth-order valence-corrected chi connectivity index (χ4v) is 4.99. The third kappa shape index (κ3) is 3.02. The largest absolute Gasteiger partial charge is 0.508 e. The first-order valence-corrected chi connectivity index (χ1v) is 11.0. The van der Waals surface area contributed by atoms with E-state index in [0.717, 1.165) is 12.0 Å². The van der Waals surface area contributed by atoms with Crippen molar-refractivity contribution in [3.8, 4) is 50.3 Å². The van der Waals surface area contributed by atoms with E-state index in [-0.39, 0.29) is 5.75 Å². The zero-order valence-corrected chi connectivity index (χ0v) is 17.6. The Balaban J connectivity index is 1.59. The Morgan fingerprint density at radius 3 is 1.69 bits per heavy atom. The van der Waals surface area contributed by atoms with Crippen molar-refractivity contribution >= 4 is 0 Å². The third-order valence-electron chi connectivity index (χ3n) is 6.46. The number of phenols is 1. The average molecular weight is 411 g/mol. The van der Waals surface area contributed by atoms with E-state index >= 15 is 0 Å². The number of hydrogen-bond donors (Lipinski definition) is 1. The van der Waals surface area contributed by atoms with Crippen LogP contribution in [0.3, 0.4) is 0 Å². The van der Waals surface area contributed by atoms with Crippen LogP contribution in [0.5, 0.6) is 5.75 Å². The van der Waals surface area contributed by atoms with Gasteiger partial charge in [0.15, 0.2) is 0 Å². The van der Waals surface area contributed by atoms with Gasteiger partial charge in [-0.25, -0.2) is 0 Å². The summed E-state index contributed by atoms with van der Waals surface area (Å²) in [5, 5.41) is 9.80. The van der Waals surface area contributed by atoms with Gasteiger partial charge in [0, 0.05) is 0 Å². The molecular weight excluding hydrogens is 388 g/mol. The Bertz CT molecular complexity index is 1420. The lowest BCUT2D eigenvalue weighted by Crippen LogP contribution is -1.93. The van der Waals surface area contributed by atoms with E-state index in [1.54, 1.807) is 12.1 Å². The molecule has 0 spiro atoms. The van der Waals surface area contributed by atoms with Crippen LogP contribution in [-0.4, -0.2) is 5.11 Å². The second kappa shape index (κ2) is 7.55. The summed E-state index contributed by atoms with van der Waals surface area (Å²) in [5.41, 5.74) is 12.8. The second-order valence-corrected chi connectivity index (χ2v) is 8.30. The predicted molar refractivity (Wildman–Crippen MR) is 133 cm³/mol. The van der Waals surface area contributed by atoms with Crippen LogP contribution < -0.4 is 0 Å². The molecule has 1 aliphatic carbocycles. The van der Waals surface area contributed by atoms with E-state index in [0.29, 0.717) is 0 Å². The van der Waals surface area contributed by atoms with E-state index in [9.17, 15) is 5.11 Å². The minimum atomic E-state index is 0.288. The molecule has 32 heavy (non-hydrogen) atoms. The van der Waals surface area contributed by atoms with Crippen LogP contribution in [0.4, 0.5) is 0 Å². The highest BCUT2D eigenvalue weighted by Crippen LogP contribution is 2.48. The Morgan fingerprint density at radius 1 is 0.406 bits per heavy atom. The Morgan fingerprint density at radius 2 is 0.969 bits per heavy atom. The monoisotopic (exact) mass is 410 g/mol. The van der Waals surface area contributed by atoms with E-state index < -0.39 is 0 Å². The van der Waals surface area contributed by atoms with E-state index in [2.05, 4.69) is 91.0 Å². The van der Waals surface area contributed by atoms with Crippen molar-refractivity contribution in [1.29, 1.82) is 0 Å². The molecule has 0 bridgehead atoms. The number of fused-ring (bicyclic) bond motifs is 3. The number of rotatable bonds is 3. The molecule has 0 fully saturated rings. The molecule has 152 valence electrons. The Hall–Kier alpha value is -4.10. The molecule has 0 radical (unpaired) electrons. The summed E-state index contributed by atoms with van der Waals surface area (Å²) < 4.78 is 0. The number of aromatic hydroxyl groups is 1. The van der Waals surface area contributed by atoms with Gasteiger partial charge in [0.05, 0.1) is 0 Å². The summed E-state index contributed by atoms with van der Waals surface area (Å²) in [7, 11) is 0. The summed E-state index contributed by atoms with van der Waals surface area (Å²) in [6, 6.07) is 40.0.